The van der Waals surface area contributed by atoms with E-state index in [1.165, 1.54) is 7.11 Å². The maximum Gasteiger partial charge on any atom is 0.408 e. The van der Waals surface area contributed by atoms with Crippen LogP contribution in [0.4, 0.5) is 10.5 Å². The molecule has 3 amide bonds. The van der Waals surface area contributed by atoms with Gasteiger partial charge in [-0.1, -0.05) is 30.9 Å². The number of alkyl carbamates (subject to hydrolysis) is 1. The van der Waals surface area contributed by atoms with Crippen LogP contribution < -0.4 is 15.4 Å². The lowest BCUT2D eigenvalue weighted by Crippen LogP contribution is -2.46. The van der Waals surface area contributed by atoms with E-state index in [0.717, 1.165) is 10.5 Å². The molecule has 0 saturated carbocycles. The fraction of sp³-hybridized carbons (Fsp3) is 0.308. The quantitative estimate of drug-likeness (QED) is 0.528. The third kappa shape index (κ3) is 8.19. The van der Waals surface area contributed by atoms with Crippen molar-refractivity contribution < 1.29 is 23.9 Å². The van der Waals surface area contributed by atoms with Gasteiger partial charge in [-0.2, -0.15) is 5.26 Å². The summed E-state index contributed by atoms with van der Waals surface area (Å²) < 4.78 is 10.3. The molecule has 2 rings (SSSR count). The fourth-order valence-corrected chi connectivity index (χ4v) is 3.18. The van der Waals surface area contributed by atoms with Crippen LogP contribution in [0.25, 0.3) is 6.08 Å². The van der Waals surface area contributed by atoms with Gasteiger partial charge in [-0.15, -0.1) is 0 Å². The third-order valence-electron chi connectivity index (χ3n) is 4.72. The van der Waals surface area contributed by atoms with Crippen molar-refractivity contribution in [1.82, 2.24) is 10.2 Å². The molecule has 0 saturated heterocycles. The zero-order chi connectivity index (χ0) is 26.0. The second kappa shape index (κ2) is 12.2. The van der Waals surface area contributed by atoms with Gasteiger partial charge in [0.1, 0.15) is 30.5 Å². The number of hydrogen-bond acceptors (Lipinski definition) is 6. The number of nitrogens with zero attached hydrogens (tertiary/aromatic N) is 2. The Bertz CT molecular complexity index is 1100. The number of anilines is 1. The van der Waals surface area contributed by atoms with E-state index in [4.69, 9.17) is 9.47 Å². The lowest BCUT2D eigenvalue weighted by Gasteiger charge is -2.30. The molecule has 0 aliphatic heterocycles. The molecule has 0 fully saturated rings. The van der Waals surface area contributed by atoms with Gasteiger partial charge >= 0.3 is 6.09 Å². The van der Waals surface area contributed by atoms with E-state index < -0.39 is 36.1 Å². The maximum atomic E-state index is 13.4. The largest absolute Gasteiger partial charge is 0.497 e. The second-order valence-electron chi connectivity index (χ2n) is 8.53. The molecule has 2 N–H and O–H groups in total. The van der Waals surface area contributed by atoms with Crippen LogP contribution in [0.15, 0.2) is 55.1 Å². The number of ether oxygens (including phenoxy) is 2. The van der Waals surface area contributed by atoms with Gasteiger partial charge in [-0.3, -0.25) is 9.59 Å². The van der Waals surface area contributed by atoms with Gasteiger partial charge in [0, 0.05) is 5.69 Å². The van der Waals surface area contributed by atoms with Crippen molar-refractivity contribution in [2.75, 3.05) is 25.5 Å². The first-order valence-corrected chi connectivity index (χ1v) is 10.9. The van der Waals surface area contributed by atoms with Gasteiger partial charge < -0.3 is 25.0 Å². The Labute approximate surface area is 205 Å². The molecule has 0 spiro atoms. The smallest absolute Gasteiger partial charge is 0.408 e. The summed E-state index contributed by atoms with van der Waals surface area (Å²) in [6.07, 6.45) is 0.832. The molecule has 0 aromatic heterocycles. The summed E-state index contributed by atoms with van der Waals surface area (Å²) in [7, 11) is 1.53. The van der Waals surface area contributed by atoms with Gasteiger partial charge in [0.15, 0.2) is 0 Å². The van der Waals surface area contributed by atoms with Crippen molar-refractivity contribution in [2.24, 2.45) is 0 Å². The van der Waals surface area contributed by atoms with E-state index in [-0.39, 0.29) is 6.54 Å². The first-order chi connectivity index (χ1) is 16.6. The Morgan fingerprint density at radius 1 is 1.17 bits per heavy atom. The van der Waals surface area contributed by atoms with Crippen molar-refractivity contribution >= 4 is 29.7 Å². The summed E-state index contributed by atoms with van der Waals surface area (Å²) in [5, 5.41) is 14.6. The number of amides is 3. The predicted octanol–water partition coefficient (Wildman–Crippen LogP) is 3.89. The molecule has 0 aliphatic carbocycles. The number of benzene rings is 2. The summed E-state index contributed by atoms with van der Waals surface area (Å²) in [6, 6.07) is 14.4. The first-order valence-electron chi connectivity index (χ1n) is 10.9. The molecule has 2 aromatic carbocycles. The zero-order valence-corrected chi connectivity index (χ0v) is 20.3. The van der Waals surface area contributed by atoms with Gasteiger partial charge in [0.2, 0.25) is 5.91 Å². The molecule has 1 atom stereocenters. The highest BCUT2D eigenvalue weighted by molar-refractivity contribution is 5.98. The van der Waals surface area contributed by atoms with Gasteiger partial charge in [-0.05, 0) is 62.2 Å². The molecule has 35 heavy (non-hydrogen) atoms. The minimum atomic E-state index is -1.15. The SMILES string of the molecule is C=Cc1cccc(C(C(=O)Nc2ccc(OC)cc2)N(CC#N)C(=O)CNC(=O)OC(C)(C)C)c1. The van der Waals surface area contributed by atoms with Crippen LogP contribution in [-0.2, 0) is 14.3 Å². The van der Waals surface area contributed by atoms with Crippen LogP contribution in [0.2, 0.25) is 0 Å². The molecule has 1 unspecified atom stereocenters. The molecule has 0 bridgehead atoms. The van der Waals surface area contributed by atoms with Crippen molar-refractivity contribution in [1.29, 1.82) is 5.26 Å². The molecular weight excluding hydrogens is 448 g/mol. The summed E-state index contributed by atoms with van der Waals surface area (Å²) in [5.41, 5.74) is 0.956. The summed E-state index contributed by atoms with van der Waals surface area (Å²) >= 11 is 0. The van der Waals surface area contributed by atoms with Crippen molar-refractivity contribution in [3.05, 3.63) is 66.2 Å². The Morgan fingerprint density at radius 3 is 2.43 bits per heavy atom. The number of carbonyl (C=O) groups is 3. The van der Waals surface area contributed by atoms with Crippen LogP contribution >= 0.6 is 0 Å². The van der Waals surface area contributed by atoms with Crippen LogP contribution in [0.3, 0.4) is 0 Å². The van der Waals surface area contributed by atoms with Crippen molar-refractivity contribution in [3.8, 4) is 11.8 Å². The molecule has 0 radical (unpaired) electrons. The minimum Gasteiger partial charge on any atom is -0.497 e. The highest BCUT2D eigenvalue weighted by Gasteiger charge is 2.32. The Morgan fingerprint density at radius 2 is 1.86 bits per heavy atom. The molecule has 0 aliphatic rings. The van der Waals surface area contributed by atoms with E-state index in [9.17, 15) is 19.6 Å². The molecule has 9 heteroatoms. The Hall–Kier alpha value is -4.32. The molecular formula is C26H30N4O5. The van der Waals surface area contributed by atoms with Gasteiger partial charge in [-0.25, -0.2) is 4.79 Å². The van der Waals surface area contributed by atoms with E-state index in [0.29, 0.717) is 17.0 Å². The number of rotatable bonds is 9. The number of carbonyl (C=O) groups excluding carboxylic acids is 3. The average molecular weight is 479 g/mol. The third-order valence-corrected chi connectivity index (χ3v) is 4.72. The zero-order valence-electron chi connectivity index (χ0n) is 20.3. The van der Waals surface area contributed by atoms with Crippen molar-refractivity contribution in [2.45, 2.75) is 32.4 Å². The summed E-state index contributed by atoms with van der Waals surface area (Å²) in [6.45, 7) is 8.00. The van der Waals surface area contributed by atoms with Crippen molar-refractivity contribution in [3.63, 3.8) is 0 Å². The first kappa shape index (κ1) is 26.9. The monoisotopic (exact) mass is 478 g/mol. The number of nitriles is 1. The average Bonchev–Trinajstić information content (AvgIpc) is 2.81. The Balaban J connectivity index is 2.35. The molecule has 2 aromatic rings. The predicted molar refractivity (Wildman–Crippen MR) is 132 cm³/mol. The highest BCUT2D eigenvalue weighted by atomic mass is 16.6. The normalized spacial score (nSPS) is 11.4. The second-order valence-corrected chi connectivity index (χ2v) is 8.53. The molecule has 0 heterocycles. The van der Waals surface area contributed by atoms with Crippen LogP contribution in [0.5, 0.6) is 5.75 Å². The number of hydrogen-bond donors (Lipinski definition) is 2. The van der Waals surface area contributed by atoms with E-state index in [1.54, 1.807) is 75.4 Å². The number of nitrogens with one attached hydrogen (secondary N) is 2. The maximum absolute atomic E-state index is 13.4. The van der Waals surface area contributed by atoms with E-state index in [2.05, 4.69) is 17.2 Å². The lowest BCUT2D eigenvalue weighted by molar-refractivity contribution is -0.137. The molecule has 184 valence electrons. The summed E-state index contributed by atoms with van der Waals surface area (Å²) in [5.74, 6) is -0.540. The van der Waals surface area contributed by atoms with E-state index >= 15 is 0 Å². The van der Waals surface area contributed by atoms with Crippen LogP contribution in [0.1, 0.15) is 37.9 Å². The van der Waals surface area contributed by atoms with Crippen LogP contribution in [0, 0.1) is 11.3 Å². The highest BCUT2D eigenvalue weighted by Crippen LogP contribution is 2.25. The van der Waals surface area contributed by atoms with Gasteiger partial charge in [0.25, 0.3) is 5.91 Å². The van der Waals surface area contributed by atoms with Gasteiger partial charge in [0.05, 0.1) is 13.2 Å². The Kier molecular flexibility index (Phi) is 9.41. The number of methoxy groups -OCH3 is 1. The fourth-order valence-electron chi connectivity index (χ4n) is 3.18. The lowest BCUT2D eigenvalue weighted by atomic mass is 10.0. The van der Waals surface area contributed by atoms with Crippen LogP contribution in [-0.4, -0.2) is 48.6 Å². The topological polar surface area (TPSA) is 121 Å². The minimum absolute atomic E-state index is 0.381. The molecule has 9 nitrogen and oxygen atoms in total. The summed E-state index contributed by atoms with van der Waals surface area (Å²) in [4.78, 5) is 39.7. The standard InChI is InChI=1S/C26H30N4O5/c1-6-18-8-7-9-19(16-18)23(24(32)29-20-10-12-21(34-5)13-11-20)30(15-14-27)22(31)17-28-25(33)35-26(2,3)4/h6-13,16,23H,1,15,17H2,2-5H3,(H,28,33)(H,29,32). The van der Waals surface area contributed by atoms with E-state index in [1.807, 2.05) is 6.07 Å².